The van der Waals surface area contributed by atoms with Crippen LogP contribution in [0.3, 0.4) is 0 Å². The zero-order valence-electron chi connectivity index (χ0n) is 8.60. The number of halogens is 1. The summed E-state index contributed by atoms with van der Waals surface area (Å²) in [6.07, 6.45) is 1.08. The van der Waals surface area contributed by atoms with Gasteiger partial charge in [0.25, 0.3) is 10.1 Å². The molecule has 0 aliphatic carbocycles. The average molecular weight is 243 g/mol. The highest BCUT2D eigenvalue weighted by atomic mass is 32.2. The van der Waals surface area contributed by atoms with Crippen molar-refractivity contribution in [3.05, 3.63) is 35.1 Å². The van der Waals surface area contributed by atoms with Crippen LogP contribution in [0.5, 0.6) is 0 Å². The molecule has 0 aromatic heterocycles. The Morgan fingerprint density at radius 2 is 2.19 bits per heavy atom. The quantitative estimate of drug-likeness (QED) is 0.745. The van der Waals surface area contributed by atoms with Crippen LogP contribution in [0.25, 0.3) is 0 Å². The fraction of sp³-hybridized carbons (Fsp3) is 0.300. The highest BCUT2D eigenvalue weighted by molar-refractivity contribution is 7.85. The molecule has 1 aromatic rings. The highest BCUT2D eigenvalue weighted by Gasteiger charge is 2.06. The molecule has 16 heavy (non-hydrogen) atoms. The number of hydrogen-bond acceptors (Lipinski definition) is 4. The minimum absolute atomic E-state index is 0.109. The fourth-order valence-electron chi connectivity index (χ4n) is 1.12. The summed E-state index contributed by atoms with van der Waals surface area (Å²) >= 11 is 0. The first-order chi connectivity index (χ1) is 7.42. The first kappa shape index (κ1) is 12.6. The molecular weight excluding hydrogens is 233 g/mol. The summed E-state index contributed by atoms with van der Waals surface area (Å²) in [5, 5.41) is 8.52. The minimum Gasteiger partial charge on any atom is -0.270 e. The van der Waals surface area contributed by atoms with Gasteiger partial charge in [-0.05, 0) is 17.7 Å². The van der Waals surface area contributed by atoms with E-state index in [0.717, 1.165) is 12.3 Å². The number of hydrogen-bond donors (Lipinski definition) is 0. The maximum atomic E-state index is 13.3. The Morgan fingerprint density at radius 3 is 2.69 bits per heavy atom. The van der Waals surface area contributed by atoms with E-state index in [1.54, 1.807) is 0 Å². The second-order valence-corrected chi connectivity index (χ2v) is 4.84. The third-order valence-electron chi connectivity index (χ3n) is 1.85. The van der Waals surface area contributed by atoms with Crippen LogP contribution < -0.4 is 0 Å². The highest BCUT2D eigenvalue weighted by Crippen LogP contribution is 2.10. The average Bonchev–Trinajstić information content (AvgIpc) is 2.18. The Hall–Kier alpha value is -1.45. The smallest absolute Gasteiger partial charge is 0.264 e. The normalized spacial score (nSPS) is 11.1. The summed E-state index contributed by atoms with van der Waals surface area (Å²) in [7, 11) is -3.49. The van der Waals surface area contributed by atoms with Crippen molar-refractivity contribution >= 4 is 10.1 Å². The van der Waals surface area contributed by atoms with E-state index in [1.807, 2.05) is 6.07 Å². The maximum absolute atomic E-state index is 13.3. The van der Waals surface area contributed by atoms with Gasteiger partial charge in [-0.1, -0.05) is 6.07 Å². The van der Waals surface area contributed by atoms with Crippen LogP contribution in [0, 0.1) is 17.1 Å². The van der Waals surface area contributed by atoms with Gasteiger partial charge in [-0.15, -0.1) is 0 Å². The molecule has 1 rings (SSSR count). The van der Waals surface area contributed by atoms with E-state index in [1.165, 1.54) is 12.1 Å². The topological polar surface area (TPSA) is 67.2 Å². The van der Waals surface area contributed by atoms with Crippen molar-refractivity contribution in [1.82, 2.24) is 0 Å². The van der Waals surface area contributed by atoms with Crippen LogP contribution in [-0.4, -0.2) is 21.3 Å². The summed E-state index contributed by atoms with van der Waals surface area (Å²) in [6.45, 7) is -0.109. The molecule has 4 nitrogen and oxygen atoms in total. The van der Waals surface area contributed by atoms with Crippen LogP contribution in [0.2, 0.25) is 0 Å². The molecule has 0 saturated heterocycles. The molecule has 86 valence electrons. The van der Waals surface area contributed by atoms with Gasteiger partial charge in [0.05, 0.1) is 24.5 Å². The second kappa shape index (κ2) is 5.05. The molecule has 0 heterocycles. The molecule has 6 heteroatoms. The molecule has 0 saturated carbocycles. The Kier molecular flexibility index (Phi) is 3.99. The molecule has 0 fully saturated rings. The van der Waals surface area contributed by atoms with Crippen molar-refractivity contribution < 1.29 is 17.0 Å². The van der Waals surface area contributed by atoms with E-state index in [2.05, 4.69) is 4.18 Å². The Morgan fingerprint density at radius 1 is 1.50 bits per heavy atom. The van der Waals surface area contributed by atoms with E-state index >= 15 is 0 Å². The minimum atomic E-state index is -3.49. The lowest BCUT2D eigenvalue weighted by Gasteiger charge is -2.03. The zero-order chi connectivity index (χ0) is 12.2. The van der Waals surface area contributed by atoms with Gasteiger partial charge < -0.3 is 0 Å². The van der Waals surface area contributed by atoms with Gasteiger partial charge in [-0.3, -0.25) is 4.18 Å². The fourth-order valence-corrected chi connectivity index (χ4v) is 1.51. The molecule has 0 amide bonds. The lowest BCUT2D eigenvalue weighted by molar-refractivity contribution is 0.324. The molecule has 0 N–H and O–H groups in total. The van der Waals surface area contributed by atoms with Gasteiger partial charge in [0.1, 0.15) is 5.82 Å². The number of nitrogens with zero attached hydrogens (tertiary/aromatic N) is 1. The summed E-state index contributed by atoms with van der Waals surface area (Å²) < 4.78 is 39.1. The monoisotopic (exact) mass is 243 g/mol. The van der Waals surface area contributed by atoms with Crippen LogP contribution in [-0.2, 0) is 20.7 Å². The predicted molar refractivity (Wildman–Crippen MR) is 55.6 cm³/mol. The molecular formula is C10H10FNO3S. The van der Waals surface area contributed by atoms with Crippen molar-refractivity contribution in [3.8, 4) is 6.07 Å². The predicted octanol–water partition coefficient (Wildman–Crippen LogP) is 1.22. The van der Waals surface area contributed by atoms with E-state index in [4.69, 9.17) is 5.26 Å². The van der Waals surface area contributed by atoms with Crippen LogP contribution in [0.15, 0.2) is 18.2 Å². The first-order valence-corrected chi connectivity index (χ1v) is 6.27. The standard InChI is InChI=1S/C10H10FNO3S/c1-16(13,14)15-5-4-9-3-2-8(7-12)6-10(9)11/h2-3,6H,4-5H2,1H3. The number of nitriles is 1. The third-order valence-corrected chi connectivity index (χ3v) is 2.45. The Labute approximate surface area is 93.4 Å². The lowest BCUT2D eigenvalue weighted by atomic mass is 10.1. The summed E-state index contributed by atoms with van der Waals surface area (Å²) in [5.74, 6) is -0.531. The van der Waals surface area contributed by atoms with E-state index < -0.39 is 15.9 Å². The summed E-state index contributed by atoms with van der Waals surface area (Å²) in [4.78, 5) is 0. The molecule has 0 atom stereocenters. The first-order valence-electron chi connectivity index (χ1n) is 4.45. The van der Waals surface area contributed by atoms with Crippen molar-refractivity contribution in [2.75, 3.05) is 12.9 Å². The molecule has 0 spiro atoms. The lowest BCUT2D eigenvalue weighted by Crippen LogP contribution is -2.07. The van der Waals surface area contributed by atoms with Gasteiger partial charge in [0, 0.05) is 6.42 Å². The van der Waals surface area contributed by atoms with Crippen molar-refractivity contribution in [3.63, 3.8) is 0 Å². The third kappa shape index (κ3) is 3.96. The molecule has 1 aromatic carbocycles. The largest absolute Gasteiger partial charge is 0.270 e. The SMILES string of the molecule is CS(=O)(=O)OCCc1ccc(C#N)cc1F. The van der Waals surface area contributed by atoms with Gasteiger partial charge in [-0.25, -0.2) is 4.39 Å². The molecule has 0 radical (unpaired) electrons. The van der Waals surface area contributed by atoms with E-state index in [0.29, 0.717) is 5.56 Å². The van der Waals surface area contributed by atoms with Gasteiger partial charge in [-0.2, -0.15) is 13.7 Å². The maximum Gasteiger partial charge on any atom is 0.264 e. The van der Waals surface area contributed by atoms with Gasteiger partial charge in [0.2, 0.25) is 0 Å². The van der Waals surface area contributed by atoms with Crippen LogP contribution in [0.4, 0.5) is 4.39 Å². The van der Waals surface area contributed by atoms with Gasteiger partial charge >= 0.3 is 0 Å². The zero-order valence-corrected chi connectivity index (χ0v) is 9.42. The van der Waals surface area contributed by atoms with E-state index in [-0.39, 0.29) is 18.6 Å². The Bertz CT molecular complexity index is 519. The van der Waals surface area contributed by atoms with Crippen LogP contribution >= 0.6 is 0 Å². The number of rotatable bonds is 4. The number of benzene rings is 1. The molecule has 0 bridgehead atoms. The van der Waals surface area contributed by atoms with Crippen molar-refractivity contribution in [2.45, 2.75) is 6.42 Å². The van der Waals surface area contributed by atoms with Crippen LogP contribution in [0.1, 0.15) is 11.1 Å². The summed E-state index contributed by atoms with van der Waals surface area (Å²) in [6, 6.07) is 5.83. The Balaban J connectivity index is 2.66. The van der Waals surface area contributed by atoms with Gasteiger partial charge in [0.15, 0.2) is 0 Å². The molecule has 0 unspecified atom stereocenters. The van der Waals surface area contributed by atoms with E-state index in [9.17, 15) is 12.8 Å². The van der Waals surface area contributed by atoms with Crippen molar-refractivity contribution in [1.29, 1.82) is 5.26 Å². The molecule has 0 aliphatic rings. The summed E-state index contributed by atoms with van der Waals surface area (Å²) in [5.41, 5.74) is 0.549. The second-order valence-electron chi connectivity index (χ2n) is 3.19. The van der Waals surface area contributed by atoms with Crippen molar-refractivity contribution in [2.24, 2.45) is 0 Å². The molecule has 0 aliphatic heterocycles.